The number of rotatable bonds is 4. The summed E-state index contributed by atoms with van der Waals surface area (Å²) in [4.78, 5) is 11.2. The third-order valence-electron chi connectivity index (χ3n) is 3.83. The van der Waals surface area contributed by atoms with Gasteiger partial charge in [-0.1, -0.05) is 12.1 Å². The number of nitrogens with one attached hydrogen (secondary N) is 2. The molecule has 0 fully saturated rings. The quantitative estimate of drug-likeness (QED) is 0.742. The molecule has 8 nitrogen and oxygen atoms in total. The van der Waals surface area contributed by atoms with Crippen LogP contribution in [0.2, 0.25) is 0 Å². The van der Waals surface area contributed by atoms with Gasteiger partial charge in [0.25, 0.3) is 10.0 Å². The number of hydrogen-bond donors (Lipinski definition) is 2. The van der Waals surface area contributed by atoms with Gasteiger partial charge in [0.15, 0.2) is 9.84 Å². The molecule has 0 bridgehead atoms. The third kappa shape index (κ3) is 4.40. The number of para-hydroxylation sites is 1. The van der Waals surface area contributed by atoms with E-state index in [0.717, 1.165) is 36.7 Å². The van der Waals surface area contributed by atoms with Gasteiger partial charge in [0.05, 0.1) is 21.8 Å². The van der Waals surface area contributed by atoms with Crippen LogP contribution >= 0.6 is 0 Å². The molecular weight excluding hydrogens is 435 g/mol. The molecule has 154 valence electrons. The van der Waals surface area contributed by atoms with Crippen LogP contribution in [0, 0.1) is 0 Å². The average molecular weight is 447 g/mol. The largest absolute Gasteiger partial charge is 0.418 e. The first-order valence-corrected chi connectivity index (χ1v) is 10.9. The molecule has 2 aromatic rings. The van der Waals surface area contributed by atoms with Crippen LogP contribution in [0.15, 0.2) is 56.7 Å². The molecule has 29 heavy (non-hydrogen) atoms. The van der Waals surface area contributed by atoms with Crippen molar-refractivity contribution in [3.8, 4) is 0 Å². The van der Waals surface area contributed by atoms with Gasteiger partial charge in [-0.05, 0) is 30.3 Å². The summed E-state index contributed by atoms with van der Waals surface area (Å²) >= 11 is 0. The van der Waals surface area contributed by atoms with Crippen molar-refractivity contribution in [2.75, 3.05) is 16.4 Å². The Balaban J connectivity index is 1.86. The van der Waals surface area contributed by atoms with E-state index in [1.165, 1.54) is 12.1 Å². The molecule has 2 N–H and O–H groups in total. The average Bonchev–Trinajstić information content (AvgIpc) is 2.60. The van der Waals surface area contributed by atoms with Crippen LogP contribution in [-0.2, 0) is 30.8 Å². The Labute approximate surface area is 163 Å². The number of anilines is 2. The number of sulfone groups is 1. The second kappa shape index (κ2) is 7.15. The lowest BCUT2D eigenvalue weighted by molar-refractivity contribution is -0.137. The topological polar surface area (TPSA) is 122 Å². The highest BCUT2D eigenvalue weighted by molar-refractivity contribution is 7.92. The minimum atomic E-state index is -4.75. The van der Waals surface area contributed by atoms with Crippen LogP contribution in [-0.4, -0.2) is 34.8 Å². The van der Waals surface area contributed by atoms with Crippen LogP contribution in [0.1, 0.15) is 5.56 Å². The highest BCUT2D eigenvalue weighted by Gasteiger charge is 2.34. The van der Waals surface area contributed by atoms with E-state index in [1.54, 1.807) is 0 Å². The Morgan fingerprint density at radius 1 is 1.14 bits per heavy atom. The summed E-state index contributed by atoms with van der Waals surface area (Å²) in [6.45, 7) is 0. The molecule has 0 aromatic heterocycles. The number of fused-ring (bicyclic) bond motifs is 1. The first-order valence-electron chi connectivity index (χ1n) is 7.78. The number of amides is 1. The zero-order valence-electron chi connectivity index (χ0n) is 14.3. The minimum absolute atomic E-state index is 0.0995. The number of carbonyl (C=O) groups excluding carboxylic acids is 1. The second-order valence-electron chi connectivity index (χ2n) is 5.86. The summed E-state index contributed by atoms with van der Waals surface area (Å²) in [5.41, 5.74) is -1.62. The van der Waals surface area contributed by atoms with Crippen LogP contribution < -0.4 is 10.6 Å². The molecule has 0 spiro atoms. The predicted molar refractivity (Wildman–Crippen MR) is 97.9 cm³/mol. The van der Waals surface area contributed by atoms with Crippen molar-refractivity contribution < 1.29 is 34.8 Å². The fourth-order valence-corrected chi connectivity index (χ4v) is 4.75. The maximum atomic E-state index is 13.0. The summed E-state index contributed by atoms with van der Waals surface area (Å²) in [5, 5.41) is 4.47. The zero-order chi connectivity index (χ0) is 21.4. The van der Waals surface area contributed by atoms with Gasteiger partial charge in [0, 0.05) is 0 Å². The second-order valence-corrected chi connectivity index (χ2v) is 9.45. The predicted octanol–water partition coefficient (Wildman–Crippen LogP) is 2.26. The van der Waals surface area contributed by atoms with E-state index in [0.29, 0.717) is 0 Å². The van der Waals surface area contributed by atoms with Crippen molar-refractivity contribution >= 4 is 43.5 Å². The van der Waals surface area contributed by atoms with Gasteiger partial charge in [0.1, 0.15) is 17.0 Å². The highest BCUT2D eigenvalue weighted by atomic mass is 32.2. The molecule has 3 rings (SSSR count). The normalized spacial score (nSPS) is 15.3. The summed E-state index contributed by atoms with van der Waals surface area (Å²) in [5.74, 6) is -2.40. The number of hydrogen-bond acceptors (Lipinski definition) is 6. The molecule has 1 heterocycles. The van der Waals surface area contributed by atoms with Crippen molar-refractivity contribution in [1.82, 2.24) is 0 Å². The van der Waals surface area contributed by atoms with Crippen molar-refractivity contribution in [3.63, 3.8) is 0 Å². The lowest BCUT2D eigenvalue weighted by atomic mass is 10.1. The highest BCUT2D eigenvalue weighted by Crippen LogP contribution is 2.34. The van der Waals surface area contributed by atoms with E-state index in [9.17, 15) is 34.8 Å². The van der Waals surface area contributed by atoms with Crippen LogP contribution in [0.25, 0.3) is 0 Å². The Morgan fingerprint density at radius 2 is 1.83 bits per heavy atom. The molecule has 2 aromatic carbocycles. The molecule has 0 atom stereocenters. The number of nitrogens with zero attached hydrogens (tertiary/aromatic N) is 1. The molecule has 0 radical (unpaired) electrons. The Morgan fingerprint density at radius 3 is 2.52 bits per heavy atom. The minimum Gasteiger partial charge on any atom is -0.345 e. The van der Waals surface area contributed by atoms with E-state index >= 15 is 0 Å². The maximum absolute atomic E-state index is 13.0. The lowest BCUT2D eigenvalue weighted by Gasteiger charge is -2.15. The van der Waals surface area contributed by atoms with Crippen molar-refractivity contribution in [2.24, 2.45) is 4.40 Å². The fraction of sp³-hybridized carbons (Fsp3) is 0.125. The van der Waals surface area contributed by atoms with E-state index in [2.05, 4.69) is 9.71 Å². The van der Waals surface area contributed by atoms with Gasteiger partial charge in [-0.3, -0.25) is 4.79 Å². The SMILES string of the molecule is O=C(CS(=O)(=O)c1ccc2c(c1)S(=O)(=O)N=CN2)Nc1ccccc1C(F)(F)F. The molecule has 0 unspecified atom stereocenters. The summed E-state index contributed by atoms with van der Waals surface area (Å²) < 4.78 is 91.0. The Kier molecular flexibility index (Phi) is 5.13. The maximum Gasteiger partial charge on any atom is 0.418 e. The molecule has 1 amide bonds. The summed E-state index contributed by atoms with van der Waals surface area (Å²) in [6, 6.07) is 7.20. The number of carbonyl (C=O) groups is 1. The molecule has 0 aliphatic carbocycles. The molecular formula is C16H12F3N3O5S2. The van der Waals surface area contributed by atoms with Gasteiger partial charge in [0.2, 0.25) is 5.91 Å². The molecule has 13 heteroatoms. The Bertz CT molecular complexity index is 1220. The summed E-state index contributed by atoms with van der Waals surface area (Å²) in [6.07, 6.45) is -3.82. The molecule has 1 aliphatic rings. The molecule has 1 aliphatic heterocycles. The van der Waals surface area contributed by atoms with Crippen LogP contribution in [0.4, 0.5) is 24.5 Å². The first-order chi connectivity index (χ1) is 13.4. The smallest absolute Gasteiger partial charge is 0.345 e. The van der Waals surface area contributed by atoms with E-state index in [4.69, 9.17) is 0 Å². The third-order valence-corrected chi connectivity index (χ3v) is 6.72. The van der Waals surface area contributed by atoms with Crippen LogP contribution in [0.3, 0.4) is 0 Å². The van der Waals surface area contributed by atoms with E-state index in [1.807, 2.05) is 5.32 Å². The Hall–Kier alpha value is -2.93. The van der Waals surface area contributed by atoms with Crippen LogP contribution in [0.5, 0.6) is 0 Å². The van der Waals surface area contributed by atoms with Gasteiger partial charge in [-0.15, -0.1) is 4.40 Å². The fourth-order valence-electron chi connectivity index (χ4n) is 2.53. The molecule has 0 saturated carbocycles. The van der Waals surface area contributed by atoms with Gasteiger partial charge in [-0.25, -0.2) is 8.42 Å². The molecule has 0 saturated heterocycles. The van der Waals surface area contributed by atoms with Gasteiger partial charge in [-0.2, -0.15) is 21.6 Å². The lowest BCUT2D eigenvalue weighted by Crippen LogP contribution is -2.24. The van der Waals surface area contributed by atoms with E-state index in [-0.39, 0.29) is 5.69 Å². The van der Waals surface area contributed by atoms with Crippen molar-refractivity contribution in [3.05, 3.63) is 48.0 Å². The standard InChI is InChI=1S/C16H12F3N3O5S2/c17-16(18,19)11-3-1-2-4-12(11)22-15(23)8-28(24,25)10-5-6-13-14(7-10)29(26,27)21-9-20-13/h1-7,9H,8H2,(H,20,21)(H,22,23). The first kappa shape index (κ1) is 20.8. The van der Waals surface area contributed by atoms with E-state index < -0.39 is 58.7 Å². The monoisotopic (exact) mass is 447 g/mol. The zero-order valence-corrected chi connectivity index (χ0v) is 15.9. The number of benzene rings is 2. The number of alkyl halides is 3. The van der Waals surface area contributed by atoms with Crippen molar-refractivity contribution in [1.29, 1.82) is 0 Å². The van der Waals surface area contributed by atoms with Gasteiger partial charge < -0.3 is 10.6 Å². The summed E-state index contributed by atoms with van der Waals surface area (Å²) in [7, 11) is -8.46. The number of halogens is 3. The van der Waals surface area contributed by atoms with Crippen molar-refractivity contribution in [2.45, 2.75) is 16.0 Å². The number of sulfonamides is 1. The van der Waals surface area contributed by atoms with Gasteiger partial charge >= 0.3 is 6.18 Å².